The van der Waals surface area contributed by atoms with Crippen molar-refractivity contribution >= 4 is 34.7 Å². The molecular weight excluding hydrogens is 350 g/mol. The summed E-state index contributed by atoms with van der Waals surface area (Å²) in [5, 5.41) is 27.0. The standard InChI is InChI=1S/C17H15N7OS/c1-3-25-13-7-5-4-6-12(13)21-15-11(9-19)16-22-14(20)10(8-18)17(26-2)24(16)23-15/h4-7H,3H2,1-2H3,(H2,20,22)(H,21,23). The van der Waals surface area contributed by atoms with Crippen LogP contribution in [-0.2, 0) is 0 Å². The Morgan fingerprint density at radius 2 is 2.00 bits per heavy atom. The second-order valence-corrected chi connectivity index (χ2v) is 5.91. The maximum Gasteiger partial charge on any atom is 0.178 e. The van der Waals surface area contributed by atoms with Crippen molar-refractivity contribution in [1.29, 1.82) is 10.5 Å². The van der Waals surface area contributed by atoms with Gasteiger partial charge in [-0.1, -0.05) is 12.1 Å². The number of para-hydroxylation sites is 2. The summed E-state index contributed by atoms with van der Waals surface area (Å²) in [6.45, 7) is 2.40. The summed E-state index contributed by atoms with van der Waals surface area (Å²) in [6.07, 6.45) is 1.81. The van der Waals surface area contributed by atoms with Crippen molar-refractivity contribution < 1.29 is 4.74 Å². The summed E-state index contributed by atoms with van der Waals surface area (Å²) < 4.78 is 7.06. The molecule has 8 nitrogen and oxygen atoms in total. The largest absolute Gasteiger partial charge is 0.492 e. The van der Waals surface area contributed by atoms with Crippen LogP contribution < -0.4 is 15.8 Å². The molecule has 0 aliphatic heterocycles. The number of thioether (sulfide) groups is 1. The molecule has 0 bridgehead atoms. The van der Waals surface area contributed by atoms with Crippen molar-refractivity contribution in [3.05, 3.63) is 35.4 Å². The van der Waals surface area contributed by atoms with Crippen LogP contribution in [0.5, 0.6) is 5.75 Å². The van der Waals surface area contributed by atoms with Crippen LogP contribution in [0.3, 0.4) is 0 Å². The third kappa shape index (κ3) is 2.85. The van der Waals surface area contributed by atoms with Crippen LogP contribution in [0.2, 0.25) is 0 Å². The fraction of sp³-hybridized carbons (Fsp3) is 0.176. The minimum absolute atomic E-state index is 0.0713. The van der Waals surface area contributed by atoms with Crippen LogP contribution in [0.4, 0.5) is 17.3 Å². The van der Waals surface area contributed by atoms with E-state index in [2.05, 4.69) is 21.5 Å². The van der Waals surface area contributed by atoms with E-state index in [1.165, 1.54) is 16.3 Å². The van der Waals surface area contributed by atoms with Crippen LogP contribution in [0.15, 0.2) is 29.3 Å². The number of nitrogen functional groups attached to an aromatic ring is 1. The monoisotopic (exact) mass is 365 g/mol. The number of benzene rings is 1. The van der Waals surface area contributed by atoms with Crippen LogP contribution >= 0.6 is 11.8 Å². The highest BCUT2D eigenvalue weighted by Crippen LogP contribution is 2.32. The molecule has 0 saturated carbocycles. The fourth-order valence-corrected chi connectivity index (χ4v) is 3.16. The number of ether oxygens (including phenoxy) is 1. The first-order valence-corrected chi connectivity index (χ1v) is 8.92. The van der Waals surface area contributed by atoms with E-state index >= 15 is 0 Å². The molecule has 3 N–H and O–H groups in total. The van der Waals surface area contributed by atoms with E-state index < -0.39 is 0 Å². The highest BCUT2D eigenvalue weighted by Gasteiger charge is 2.21. The third-order valence-corrected chi connectivity index (χ3v) is 4.37. The van der Waals surface area contributed by atoms with E-state index in [1.807, 2.05) is 37.3 Å². The first kappa shape index (κ1) is 17.4. The number of aromatic nitrogens is 3. The lowest BCUT2D eigenvalue weighted by Gasteiger charge is -2.10. The number of nitriles is 2. The molecule has 2 heterocycles. The van der Waals surface area contributed by atoms with Gasteiger partial charge in [0, 0.05) is 0 Å². The zero-order valence-electron chi connectivity index (χ0n) is 14.1. The van der Waals surface area contributed by atoms with Gasteiger partial charge in [-0.2, -0.15) is 10.5 Å². The number of fused-ring (bicyclic) bond motifs is 1. The Morgan fingerprint density at radius 3 is 2.65 bits per heavy atom. The Morgan fingerprint density at radius 1 is 1.27 bits per heavy atom. The highest BCUT2D eigenvalue weighted by atomic mass is 32.2. The summed E-state index contributed by atoms with van der Waals surface area (Å²) >= 11 is 1.31. The van der Waals surface area contributed by atoms with Crippen molar-refractivity contribution in [2.45, 2.75) is 11.9 Å². The highest BCUT2D eigenvalue weighted by molar-refractivity contribution is 7.98. The smallest absolute Gasteiger partial charge is 0.178 e. The van der Waals surface area contributed by atoms with Crippen molar-refractivity contribution in [2.75, 3.05) is 23.9 Å². The number of nitrogens with two attached hydrogens (primary N) is 1. The van der Waals surface area contributed by atoms with Crippen LogP contribution in [0.25, 0.3) is 5.65 Å². The topological polar surface area (TPSA) is 125 Å². The fourth-order valence-electron chi connectivity index (χ4n) is 2.50. The van der Waals surface area contributed by atoms with Crippen molar-refractivity contribution in [2.24, 2.45) is 0 Å². The van der Waals surface area contributed by atoms with Gasteiger partial charge in [0.2, 0.25) is 0 Å². The number of hydrogen-bond donors (Lipinski definition) is 2. The normalized spacial score (nSPS) is 10.3. The zero-order valence-corrected chi connectivity index (χ0v) is 15.0. The number of nitrogens with zero attached hydrogens (tertiary/aromatic N) is 5. The lowest BCUT2D eigenvalue weighted by atomic mass is 10.2. The van der Waals surface area contributed by atoms with E-state index in [1.54, 1.807) is 6.26 Å². The Bertz CT molecular complexity index is 1060. The lowest BCUT2D eigenvalue weighted by Crippen LogP contribution is -2.04. The van der Waals surface area contributed by atoms with Gasteiger partial charge in [0.05, 0.1) is 12.3 Å². The quantitative estimate of drug-likeness (QED) is 0.522. The van der Waals surface area contributed by atoms with Crippen molar-refractivity contribution in [3.8, 4) is 17.9 Å². The molecule has 0 amide bonds. The van der Waals surface area contributed by atoms with E-state index in [-0.39, 0.29) is 16.9 Å². The molecule has 0 atom stereocenters. The average Bonchev–Trinajstić information content (AvgIpc) is 2.98. The van der Waals surface area contributed by atoms with Crippen LogP contribution in [-0.4, -0.2) is 27.5 Å². The Labute approximate surface area is 154 Å². The molecule has 0 spiro atoms. The second kappa shape index (κ2) is 7.21. The predicted octanol–water partition coefficient (Wildman–Crippen LogP) is 2.92. The molecule has 0 unspecified atom stereocenters. The summed E-state index contributed by atoms with van der Waals surface area (Å²) in [5.74, 6) is 1.03. The van der Waals surface area contributed by atoms with Crippen molar-refractivity contribution in [3.63, 3.8) is 0 Å². The van der Waals surface area contributed by atoms with Gasteiger partial charge in [-0.25, -0.2) is 9.50 Å². The molecule has 9 heteroatoms. The van der Waals surface area contributed by atoms with Gasteiger partial charge in [-0.15, -0.1) is 16.9 Å². The predicted molar refractivity (Wildman–Crippen MR) is 99.5 cm³/mol. The first-order valence-electron chi connectivity index (χ1n) is 7.69. The summed E-state index contributed by atoms with van der Waals surface area (Å²) in [7, 11) is 0. The van der Waals surface area contributed by atoms with Crippen molar-refractivity contribution in [1.82, 2.24) is 14.6 Å². The van der Waals surface area contributed by atoms with Gasteiger partial charge in [-0.3, -0.25) is 0 Å². The Kier molecular flexibility index (Phi) is 4.83. The van der Waals surface area contributed by atoms with Gasteiger partial charge < -0.3 is 15.8 Å². The number of hydrogen-bond acceptors (Lipinski definition) is 8. The molecule has 130 valence electrons. The molecule has 0 fully saturated rings. The molecule has 3 aromatic rings. The number of anilines is 3. The minimum atomic E-state index is 0.0713. The summed E-state index contributed by atoms with van der Waals surface area (Å²) in [6, 6.07) is 11.5. The third-order valence-electron chi connectivity index (χ3n) is 3.61. The van der Waals surface area contributed by atoms with E-state index in [9.17, 15) is 10.5 Å². The molecule has 1 aromatic carbocycles. The molecule has 0 saturated heterocycles. The van der Waals surface area contributed by atoms with Gasteiger partial charge in [0.15, 0.2) is 11.5 Å². The summed E-state index contributed by atoms with van der Waals surface area (Å²) in [4.78, 5) is 4.20. The van der Waals surface area contributed by atoms with Gasteiger partial charge in [0.25, 0.3) is 0 Å². The molecule has 3 rings (SSSR count). The van der Waals surface area contributed by atoms with Gasteiger partial charge in [0.1, 0.15) is 39.9 Å². The molecule has 0 radical (unpaired) electrons. The number of nitrogens with one attached hydrogen (secondary N) is 1. The minimum Gasteiger partial charge on any atom is -0.492 e. The maximum atomic E-state index is 9.61. The molecule has 2 aromatic heterocycles. The first-order chi connectivity index (χ1) is 12.6. The van der Waals surface area contributed by atoms with Crippen LogP contribution in [0.1, 0.15) is 18.1 Å². The zero-order chi connectivity index (χ0) is 18.7. The van der Waals surface area contributed by atoms with Gasteiger partial charge in [-0.05, 0) is 25.3 Å². The average molecular weight is 365 g/mol. The Balaban J connectivity index is 2.20. The summed E-state index contributed by atoms with van der Waals surface area (Å²) in [5.41, 5.74) is 7.33. The lowest BCUT2D eigenvalue weighted by molar-refractivity contribution is 0.342. The molecule has 0 aliphatic rings. The van der Waals surface area contributed by atoms with E-state index in [0.29, 0.717) is 34.5 Å². The Hall–Kier alpha value is -3.43. The van der Waals surface area contributed by atoms with E-state index in [4.69, 9.17) is 10.5 Å². The van der Waals surface area contributed by atoms with Gasteiger partial charge >= 0.3 is 0 Å². The molecule has 26 heavy (non-hydrogen) atoms. The second-order valence-electron chi connectivity index (χ2n) is 5.12. The number of rotatable bonds is 5. The SMILES string of the molecule is CCOc1ccccc1Nc1nn2c(SC)c(C#N)c(N)nc2c1C#N. The molecule has 0 aliphatic carbocycles. The van der Waals surface area contributed by atoms with E-state index in [0.717, 1.165) is 0 Å². The molecular formula is C17H15N7OS. The maximum absolute atomic E-state index is 9.61. The van der Waals surface area contributed by atoms with Crippen LogP contribution in [0, 0.1) is 22.7 Å².